The van der Waals surface area contributed by atoms with Crippen LogP contribution in [-0.4, -0.2) is 52.5 Å². The maximum absolute atomic E-state index is 14.4. The Labute approximate surface area is 219 Å². The zero-order valence-electron chi connectivity index (χ0n) is 21.1. The van der Waals surface area contributed by atoms with Crippen LogP contribution in [0.2, 0.25) is 0 Å². The second-order valence-corrected chi connectivity index (χ2v) is 8.29. The summed E-state index contributed by atoms with van der Waals surface area (Å²) in [5.41, 5.74) is 11.8. The summed E-state index contributed by atoms with van der Waals surface area (Å²) in [6.45, 7) is 6.00. The van der Waals surface area contributed by atoms with E-state index in [1.807, 2.05) is 11.6 Å². The van der Waals surface area contributed by atoms with Gasteiger partial charge in [0.05, 0.1) is 29.9 Å². The molecule has 2 aromatic heterocycles. The number of halogens is 1. The fraction of sp³-hybridized carbons (Fsp3) is 0.269. The Morgan fingerprint density at radius 2 is 2.24 bits per heavy atom. The summed E-state index contributed by atoms with van der Waals surface area (Å²) in [7, 11) is 1.65. The van der Waals surface area contributed by atoms with Crippen molar-refractivity contribution in [1.29, 1.82) is 5.41 Å². The first kappa shape index (κ1) is 26.5. The van der Waals surface area contributed by atoms with Gasteiger partial charge in [-0.05, 0) is 37.3 Å². The lowest BCUT2D eigenvalue weighted by atomic mass is 9.92. The van der Waals surface area contributed by atoms with E-state index < -0.39 is 17.9 Å². The molecule has 1 aliphatic heterocycles. The fourth-order valence-corrected chi connectivity index (χ4v) is 4.19. The molecule has 0 unspecified atom stereocenters. The smallest absolute Gasteiger partial charge is 0.321 e. The molecule has 1 aromatic carbocycles. The van der Waals surface area contributed by atoms with Crippen molar-refractivity contribution >= 4 is 23.2 Å². The summed E-state index contributed by atoms with van der Waals surface area (Å²) >= 11 is 0. The molecule has 0 saturated heterocycles. The molecule has 4 rings (SSSR count). The van der Waals surface area contributed by atoms with Gasteiger partial charge in [-0.15, -0.1) is 0 Å². The molecule has 198 valence electrons. The van der Waals surface area contributed by atoms with E-state index in [0.29, 0.717) is 34.7 Å². The minimum Gasteiger partial charge on any atom is -0.478 e. The fourth-order valence-electron chi connectivity index (χ4n) is 4.19. The number of hydrazone groups is 1. The van der Waals surface area contributed by atoms with E-state index in [4.69, 9.17) is 20.6 Å². The quantitative estimate of drug-likeness (QED) is 0.161. The van der Waals surface area contributed by atoms with E-state index in [1.54, 1.807) is 25.5 Å². The number of rotatable bonds is 7. The molecule has 11 nitrogen and oxygen atoms in total. The highest BCUT2D eigenvalue weighted by Crippen LogP contribution is 2.36. The first-order valence-electron chi connectivity index (χ1n) is 12.0. The van der Waals surface area contributed by atoms with Crippen LogP contribution >= 0.6 is 0 Å². The third-order valence-electron chi connectivity index (χ3n) is 5.93. The molecular formula is C26H29FN8O3. The number of nitrogens with one attached hydrogen (secondary N) is 3. The molecule has 2 bridgehead atoms. The summed E-state index contributed by atoms with van der Waals surface area (Å²) in [6.07, 6.45) is 4.33. The van der Waals surface area contributed by atoms with Gasteiger partial charge in [-0.2, -0.15) is 10.2 Å². The second kappa shape index (κ2) is 11.6. The summed E-state index contributed by atoms with van der Waals surface area (Å²) in [6, 6.07) is 5.91. The van der Waals surface area contributed by atoms with E-state index in [9.17, 15) is 9.18 Å². The minimum absolute atomic E-state index is 0.106. The summed E-state index contributed by atoms with van der Waals surface area (Å²) < 4.78 is 27.6. The number of ether oxygens (including phenoxy) is 2. The molecule has 0 spiro atoms. The predicted molar refractivity (Wildman–Crippen MR) is 142 cm³/mol. The molecule has 1 atom stereocenters. The summed E-state index contributed by atoms with van der Waals surface area (Å²) in [5, 5.41) is 20.8. The second-order valence-electron chi connectivity index (χ2n) is 8.29. The van der Waals surface area contributed by atoms with E-state index in [-0.39, 0.29) is 31.2 Å². The minimum atomic E-state index is -0.851. The van der Waals surface area contributed by atoms with Crippen LogP contribution < -0.4 is 21.2 Å². The Bertz CT molecular complexity index is 1400. The zero-order chi connectivity index (χ0) is 27.2. The number of aryl methyl sites for hydroxylation is 1. The van der Waals surface area contributed by atoms with Crippen LogP contribution in [0, 0.1) is 11.2 Å². The number of esters is 1. The van der Waals surface area contributed by atoms with Crippen molar-refractivity contribution in [3.63, 3.8) is 0 Å². The first-order valence-corrected chi connectivity index (χ1v) is 12.0. The number of fused-ring (bicyclic) bond motifs is 5. The van der Waals surface area contributed by atoms with E-state index in [0.717, 1.165) is 11.3 Å². The summed E-state index contributed by atoms with van der Waals surface area (Å²) in [5.74, 6) is -0.479. The SMILES string of the molecule is C=C[C@H]1Oc2cc(cnc2NCOC(=O)CN)-c2c(cnn2CC)C/C(=N/NC)C(=N)c2ccc(F)cc21. The van der Waals surface area contributed by atoms with Gasteiger partial charge in [0.15, 0.2) is 18.3 Å². The lowest BCUT2D eigenvalue weighted by molar-refractivity contribution is -0.141. The van der Waals surface area contributed by atoms with E-state index in [1.165, 1.54) is 24.3 Å². The molecule has 0 saturated carbocycles. The number of hydrogen-bond donors (Lipinski definition) is 4. The van der Waals surface area contributed by atoms with Crippen molar-refractivity contribution < 1.29 is 18.7 Å². The van der Waals surface area contributed by atoms with E-state index >= 15 is 0 Å². The Balaban J connectivity index is 1.92. The van der Waals surface area contributed by atoms with Crippen molar-refractivity contribution in [3.8, 4) is 17.0 Å². The number of carbonyl (C=O) groups is 1. The Morgan fingerprint density at radius 1 is 1.42 bits per heavy atom. The highest BCUT2D eigenvalue weighted by atomic mass is 19.1. The molecule has 0 aliphatic carbocycles. The van der Waals surface area contributed by atoms with Gasteiger partial charge in [-0.3, -0.25) is 14.9 Å². The van der Waals surface area contributed by atoms with Crippen molar-refractivity contribution in [2.45, 2.75) is 26.0 Å². The number of pyridine rings is 1. The monoisotopic (exact) mass is 520 g/mol. The molecule has 12 heteroatoms. The van der Waals surface area contributed by atoms with Crippen LogP contribution in [0.25, 0.3) is 11.3 Å². The zero-order valence-corrected chi connectivity index (χ0v) is 21.1. The summed E-state index contributed by atoms with van der Waals surface area (Å²) in [4.78, 5) is 16.0. The number of aromatic nitrogens is 3. The molecule has 0 fully saturated rings. The molecule has 0 radical (unpaired) electrons. The number of hydrogen-bond acceptors (Lipinski definition) is 10. The number of anilines is 1. The number of nitrogens with zero attached hydrogens (tertiary/aromatic N) is 4. The molecule has 1 aliphatic rings. The molecule has 38 heavy (non-hydrogen) atoms. The molecular weight excluding hydrogens is 491 g/mol. The average Bonchev–Trinajstić information content (AvgIpc) is 3.33. The Hall–Kier alpha value is -4.58. The van der Waals surface area contributed by atoms with E-state index in [2.05, 4.69) is 32.5 Å². The Kier molecular flexibility index (Phi) is 8.12. The molecule has 3 aromatic rings. The van der Waals surface area contributed by atoms with Gasteiger partial charge in [0.2, 0.25) is 0 Å². The number of carbonyl (C=O) groups excluding carboxylic acids is 1. The van der Waals surface area contributed by atoms with Gasteiger partial charge in [-0.25, -0.2) is 9.37 Å². The highest BCUT2D eigenvalue weighted by molar-refractivity contribution is 6.47. The van der Waals surface area contributed by atoms with Gasteiger partial charge in [0.25, 0.3) is 0 Å². The Morgan fingerprint density at radius 3 is 2.95 bits per heavy atom. The van der Waals surface area contributed by atoms with Gasteiger partial charge >= 0.3 is 5.97 Å². The first-order chi connectivity index (χ1) is 18.4. The third-order valence-corrected chi connectivity index (χ3v) is 5.93. The van der Waals surface area contributed by atoms with Crippen LogP contribution in [0.3, 0.4) is 0 Å². The normalized spacial score (nSPS) is 15.8. The standard InChI is InChI=1S/C26H29FN8O3/c1-4-21-19-10-17(27)6-7-18(19)24(29)20(34-30-3)8-15-13-33-35(5-2)25(15)16-9-22(38-21)26(31-12-16)32-14-37-23(36)11-28/h4,6-7,9-10,12-13,21,29-30H,1,5,8,11,14,28H2,2-3H3,(H,31,32)/b29-24?,34-20-/t21-/m1/s1. The lowest BCUT2D eigenvalue weighted by Gasteiger charge is -2.23. The highest BCUT2D eigenvalue weighted by Gasteiger charge is 2.26. The molecule has 3 heterocycles. The lowest BCUT2D eigenvalue weighted by Crippen LogP contribution is -2.24. The van der Waals surface area contributed by atoms with Crippen molar-refractivity contribution in [2.75, 3.05) is 25.6 Å². The van der Waals surface area contributed by atoms with Gasteiger partial charge in [-0.1, -0.05) is 6.58 Å². The van der Waals surface area contributed by atoms with Gasteiger partial charge in [0.1, 0.15) is 11.9 Å². The van der Waals surface area contributed by atoms with Crippen LogP contribution in [0.4, 0.5) is 10.2 Å². The molecule has 5 N–H and O–H groups in total. The largest absolute Gasteiger partial charge is 0.478 e. The number of benzene rings is 1. The van der Waals surface area contributed by atoms with Crippen LogP contribution in [0.5, 0.6) is 5.75 Å². The number of nitrogens with two attached hydrogens (primary N) is 1. The van der Waals surface area contributed by atoms with Crippen molar-refractivity contribution in [3.05, 3.63) is 71.8 Å². The molecule has 0 amide bonds. The van der Waals surface area contributed by atoms with Crippen molar-refractivity contribution in [2.24, 2.45) is 10.8 Å². The third kappa shape index (κ3) is 5.39. The predicted octanol–water partition coefficient (Wildman–Crippen LogP) is 2.78. The van der Waals surface area contributed by atoms with Crippen molar-refractivity contribution in [1.82, 2.24) is 20.2 Å². The van der Waals surface area contributed by atoms with Crippen LogP contribution in [-0.2, 0) is 22.5 Å². The van der Waals surface area contributed by atoms with Crippen LogP contribution in [0.1, 0.15) is 29.7 Å². The average molecular weight is 521 g/mol. The van der Waals surface area contributed by atoms with Gasteiger partial charge < -0.3 is 25.9 Å². The van der Waals surface area contributed by atoms with Crippen LogP contribution in [0.15, 0.2) is 54.4 Å². The van der Waals surface area contributed by atoms with Gasteiger partial charge in [0, 0.05) is 48.5 Å². The maximum atomic E-state index is 14.4. The maximum Gasteiger partial charge on any atom is 0.321 e. The topological polar surface area (TPSA) is 153 Å².